The largest absolute Gasteiger partial charge is 0.453 e. The molecule has 2 aliphatic heterocycles. The van der Waals surface area contributed by atoms with Crippen molar-refractivity contribution in [3.05, 3.63) is 42.7 Å². The summed E-state index contributed by atoms with van der Waals surface area (Å²) in [5, 5.41) is 0. The van der Waals surface area contributed by atoms with E-state index < -0.39 is 36.4 Å². The highest BCUT2D eigenvalue weighted by molar-refractivity contribution is 7.18. The average Bonchev–Trinajstić information content (AvgIpc) is 3.35. The summed E-state index contributed by atoms with van der Waals surface area (Å²) in [6.45, 7) is 0.359. The van der Waals surface area contributed by atoms with Crippen LogP contribution in [0.3, 0.4) is 0 Å². The second kappa shape index (κ2) is 7.46. The van der Waals surface area contributed by atoms with Crippen molar-refractivity contribution in [3.63, 3.8) is 0 Å². The van der Waals surface area contributed by atoms with Crippen molar-refractivity contribution in [2.45, 2.75) is 24.4 Å². The molecule has 0 bridgehead atoms. The molecule has 2 aromatic rings. The van der Waals surface area contributed by atoms with E-state index in [9.17, 15) is 9.59 Å². The van der Waals surface area contributed by atoms with Crippen LogP contribution in [0.1, 0.15) is 19.3 Å². The molecular weight excluding hydrogens is 423 g/mol. The molecule has 0 N–H and O–H groups in total. The van der Waals surface area contributed by atoms with E-state index in [4.69, 9.17) is 42.1 Å². The molecule has 4 rings (SSSR count). The van der Waals surface area contributed by atoms with E-state index >= 15 is 0 Å². The molecule has 2 aliphatic rings. The number of rotatable bonds is 4. The molecule has 0 aromatic carbocycles. The molecule has 0 aliphatic carbocycles. The first-order chi connectivity index (χ1) is 12.5. The van der Waals surface area contributed by atoms with Crippen LogP contribution in [0, 0.1) is 0 Å². The second-order valence-corrected chi connectivity index (χ2v) is 9.12. The lowest BCUT2D eigenvalue weighted by molar-refractivity contribution is -0.0283. The molecular formula is C16H12Cl2O6S2. The summed E-state index contributed by atoms with van der Waals surface area (Å²) in [6.07, 6.45) is -2.07. The van der Waals surface area contributed by atoms with Crippen molar-refractivity contribution in [3.8, 4) is 0 Å². The van der Waals surface area contributed by atoms with E-state index in [-0.39, 0.29) is 13.2 Å². The number of hydrogen-bond acceptors (Lipinski definition) is 8. The Hall–Kier alpha value is -1.16. The minimum atomic E-state index is -0.562. The second-order valence-electron chi connectivity index (χ2n) is 5.69. The van der Waals surface area contributed by atoms with E-state index in [0.717, 1.165) is 22.7 Å². The molecule has 10 heteroatoms. The standard InChI is InChI=1S/C16H12Cl2O6S2/c17-11-3-1-9(25-11)15(19)23-7-5-21-14-8(6-22-13(7)14)24-16(20)10-2-4-12(18)26-10/h1-4,7-8,13-14H,5-6H2/t7-,8+,13-,14-/m1/s1. The van der Waals surface area contributed by atoms with Crippen molar-refractivity contribution in [1.29, 1.82) is 0 Å². The molecule has 0 unspecified atom stereocenters. The van der Waals surface area contributed by atoms with E-state index in [0.29, 0.717) is 18.4 Å². The molecule has 138 valence electrons. The Kier molecular flexibility index (Phi) is 5.22. The van der Waals surface area contributed by atoms with E-state index in [1.165, 1.54) is 0 Å². The topological polar surface area (TPSA) is 71.1 Å². The maximum Gasteiger partial charge on any atom is 0.348 e. The molecule has 0 radical (unpaired) electrons. The Labute approximate surface area is 166 Å². The quantitative estimate of drug-likeness (QED) is 0.683. The lowest BCUT2D eigenvalue weighted by Gasteiger charge is -2.16. The van der Waals surface area contributed by atoms with Crippen molar-refractivity contribution in [2.24, 2.45) is 0 Å². The minimum Gasteiger partial charge on any atom is -0.453 e. The number of carbonyl (C=O) groups is 2. The molecule has 2 aromatic heterocycles. The zero-order chi connectivity index (χ0) is 18.3. The average molecular weight is 435 g/mol. The Bertz CT molecular complexity index is 766. The van der Waals surface area contributed by atoms with Gasteiger partial charge in [0, 0.05) is 0 Å². The Balaban J connectivity index is 1.36. The minimum absolute atomic E-state index is 0.180. The van der Waals surface area contributed by atoms with Crippen LogP contribution < -0.4 is 0 Å². The molecule has 2 fully saturated rings. The lowest BCUT2D eigenvalue weighted by Crippen LogP contribution is -2.35. The Morgan fingerprint density at radius 3 is 1.62 bits per heavy atom. The zero-order valence-corrected chi connectivity index (χ0v) is 16.2. The molecule has 26 heavy (non-hydrogen) atoms. The molecule has 2 saturated heterocycles. The highest BCUT2D eigenvalue weighted by Crippen LogP contribution is 2.33. The number of halogens is 2. The van der Waals surface area contributed by atoms with Crippen LogP contribution in [0.4, 0.5) is 0 Å². The van der Waals surface area contributed by atoms with Crippen molar-refractivity contribution >= 4 is 57.8 Å². The fraction of sp³-hybridized carbons (Fsp3) is 0.375. The maximum atomic E-state index is 12.2. The van der Waals surface area contributed by atoms with Gasteiger partial charge in [0.05, 0.1) is 21.9 Å². The summed E-state index contributed by atoms with van der Waals surface area (Å²) in [7, 11) is 0. The Morgan fingerprint density at radius 2 is 1.27 bits per heavy atom. The first-order valence-corrected chi connectivity index (χ1v) is 10.1. The van der Waals surface area contributed by atoms with Crippen LogP contribution in [-0.4, -0.2) is 49.6 Å². The van der Waals surface area contributed by atoms with Gasteiger partial charge in [-0.25, -0.2) is 9.59 Å². The number of thiophene rings is 2. The number of esters is 2. The summed E-state index contributed by atoms with van der Waals surface area (Å²) >= 11 is 14.0. The van der Waals surface area contributed by atoms with Gasteiger partial charge in [0.1, 0.15) is 22.0 Å². The van der Waals surface area contributed by atoms with Crippen LogP contribution in [0.15, 0.2) is 24.3 Å². The third-order valence-corrected chi connectivity index (χ3v) is 6.45. The first kappa shape index (κ1) is 18.2. The van der Waals surface area contributed by atoms with Crippen LogP contribution in [0.5, 0.6) is 0 Å². The normalized spacial score (nSPS) is 27.3. The van der Waals surface area contributed by atoms with Crippen LogP contribution >= 0.6 is 45.9 Å². The third kappa shape index (κ3) is 3.62. The summed E-state index contributed by atoms with van der Waals surface area (Å²) in [5.41, 5.74) is 0. The highest BCUT2D eigenvalue weighted by atomic mass is 35.5. The number of hydrogen-bond donors (Lipinski definition) is 0. The van der Waals surface area contributed by atoms with Crippen LogP contribution in [0.25, 0.3) is 0 Å². The van der Waals surface area contributed by atoms with Gasteiger partial charge in [-0.1, -0.05) is 23.2 Å². The summed E-state index contributed by atoms with van der Waals surface area (Å²) < 4.78 is 23.3. The summed E-state index contributed by atoms with van der Waals surface area (Å²) in [4.78, 5) is 25.2. The van der Waals surface area contributed by atoms with Gasteiger partial charge in [0.2, 0.25) is 0 Å². The molecule has 0 spiro atoms. The molecule has 6 nitrogen and oxygen atoms in total. The van der Waals surface area contributed by atoms with Gasteiger partial charge in [0.15, 0.2) is 12.2 Å². The molecule has 0 saturated carbocycles. The van der Waals surface area contributed by atoms with Gasteiger partial charge in [-0.2, -0.15) is 0 Å². The predicted octanol–water partition coefficient (Wildman–Crippen LogP) is 3.67. The van der Waals surface area contributed by atoms with Crippen molar-refractivity contribution in [1.82, 2.24) is 0 Å². The van der Waals surface area contributed by atoms with Crippen LogP contribution in [0.2, 0.25) is 8.67 Å². The van der Waals surface area contributed by atoms with Gasteiger partial charge >= 0.3 is 11.9 Å². The Morgan fingerprint density at radius 1 is 0.846 bits per heavy atom. The predicted molar refractivity (Wildman–Crippen MR) is 96.5 cm³/mol. The maximum absolute atomic E-state index is 12.2. The summed E-state index contributed by atoms with van der Waals surface area (Å²) in [6, 6.07) is 6.48. The number of carbonyl (C=O) groups excluding carboxylic acids is 2. The van der Waals surface area contributed by atoms with E-state index in [1.54, 1.807) is 24.3 Å². The SMILES string of the molecule is O=C(O[C@H]1CO[C@H]2[C@@H]1OC[C@H]2OC(=O)c1ccc(Cl)s1)c1ccc(Cl)s1. The highest BCUT2D eigenvalue weighted by Gasteiger charge is 2.51. The third-order valence-electron chi connectivity index (χ3n) is 4.03. The number of ether oxygens (including phenoxy) is 4. The van der Waals surface area contributed by atoms with E-state index in [1.807, 2.05) is 0 Å². The number of fused-ring (bicyclic) bond motifs is 1. The van der Waals surface area contributed by atoms with Gasteiger partial charge in [0.25, 0.3) is 0 Å². The zero-order valence-electron chi connectivity index (χ0n) is 13.1. The fourth-order valence-electron chi connectivity index (χ4n) is 2.87. The van der Waals surface area contributed by atoms with Gasteiger partial charge in [-0.05, 0) is 24.3 Å². The lowest BCUT2D eigenvalue weighted by atomic mass is 10.1. The van der Waals surface area contributed by atoms with Gasteiger partial charge in [-0.3, -0.25) is 0 Å². The van der Waals surface area contributed by atoms with E-state index in [2.05, 4.69) is 0 Å². The molecule has 0 amide bonds. The van der Waals surface area contributed by atoms with Gasteiger partial charge < -0.3 is 18.9 Å². The monoisotopic (exact) mass is 434 g/mol. The molecule has 4 atom stereocenters. The van der Waals surface area contributed by atoms with Gasteiger partial charge in [-0.15, -0.1) is 22.7 Å². The molecule has 4 heterocycles. The summed E-state index contributed by atoms with van der Waals surface area (Å²) in [5.74, 6) is -0.957. The van der Waals surface area contributed by atoms with Crippen molar-refractivity contribution in [2.75, 3.05) is 13.2 Å². The smallest absolute Gasteiger partial charge is 0.348 e. The fourth-order valence-corrected chi connectivity index (χ4v) is 4.72. The van der Waals surface area contributed by atoms with Crippen molar-refractivity contribution < 1.29 is 28.5 Å². The van der Waals surface area contributed by atoms with Crippen LogP contribution in [-0.2, 0) is 18.9 Å². The first-order valence-electron chi connectivity index (χ1n) is 7.67.